The molecule has 1 aromatic carbocycles. The molecule has 0 radical (unpaired) electrons. The van der Waals surface area contributed by atoms with Crippen LogP contribution in [0.1, 0.15) is 24.7 Å². The summed E-state index contributed by atoms with van der Waals surface area (Å²) >= 11 is 0. The van der Waals surface area contributed by atoms with Gasteiger partial charge in [-0.05, 0) is 31.5 Å². The third-order valence-corrected chi connectivity index (χ3v) is 4.31. The van der Waals surface area contributed by atoms with E-state index in [-0.39, 0.29) is 0 Å². The summed E-state index contributed by atoms with van der Waals surface area (Å²) in [6.07, 6.45) is 5.87. The number of fused-ring (bicyclic) bond motifs is 1. The van der Waals surface area contributed by atoms with E-state index in [1.807, 2.05) is 28.8 Å². The SMILES string of the molecule is c1ccc2oc([C@@H]3CCCN(CCn4cnnc4)C3)nc2c1. The molecule has 1 fully saturated rings. The van der Waals surface area contributed by atoms with Gasteiger partial charge >= 0.3 is 0 Å². The summed E-state index contributed by atoms with van der Waals surface area (Å²) in [6.45, 7) is 4.08. The van der Waals surface area contributed by atoms with Crippen molar-refractivity contribution < 1.29 is 4.42 Å². The van der Waals surface area contributed by atoms with Crippen LogP contribution >= 0.6 is 0 Å². The van der Waals surface area contributed by atoms with Gasteiger partial charge in [-0.1, -0.05) is 12.1 Å². The van der Waals surface area contributed by atoms with E-state index in [2.05, 4.69) is 20.1 Å². The van der Waals surface area contributed by atoms with Crippen LogP contribution in [0.15, 0.2) is 41.3 Å². The Morgan fingerprint density at radius 2 is 2.00 bits per heavy atom. The molecule has 6 heteroatoms. The lowest BCUT2D eigenvalue weighted by Crippen LogP contribution is -2.36. The van der Waals surface area contributed by atoms with Crippen molar-refractivity contribution >= 4 is 11.1 Å². The molecular weight excluding hydrogens is 278 g/mol. The van der Waals surface area contributed by atoms with E-state index < -0.39 is 0 Å². The third-order valence-electron chi connectivity index (χ3n) is 4.31. The molecule has 1 atom stereocenters. The monoisotopic (exact) mass is 297 g/mol. The van der Waals surface area contributed by atoms with Crippen LogP contribution in [0.2, 0.25) is 0 Å². The van der Waals surface area contributed by atoms with Gasteiger partial charge in [0.1, 0.15) is 18.2 Å². The minimum absolute atomic E-state index is 0.391. The minimum atomic E-state index is 0.391. The molecule has 3 aromatic rings. The number of hydrogen-bond donors (Lipinski definition) is 0. The van der Waals surface area contributed by atoms with Gasteiger partial charge in [0, 0.05) is 25.6 Å². The lowest BCUT2D eigenvalue weighted by atomic mass is 9.98. The Bertz CT molecular complexity index is 703. The number of piperidine rings is 1. The standard InChI is InChI=1S/C16H19N5O/c1-2-6-15-14(5-1)19-16(22-15)13-4-3-7-20(10-13)8-9-21-11-17-18-12-21/h1-2,5-6,11-13H,3-4,7-10H2/t13-/m1/s1. The van der Waals surface area contributed by atoms with E-state index in [0.29, 0.717) is 5.92 Å². The maximum Gasteiger partial charge on any atom is 0.199 e. The number of benzene rings is 1. The number of likely N-dealkylation sites (tertiary alicyclic amines) is 1. The first-order valence-corrected chi connectivity index (χ1v) is 7.79. The average Bonchev–Trinajstić information content (AvgIpc) is 3.22. The van der Waals surface area contributed by atoms with E-state index >= 15 is 0 Å². The van der Waals surface area contributed by atoms with Gasteiger partial charge in [0.05, 0.1) is 0 Å². The van der Waals surface area contributed by atoms with Crippen molar-refractivity contribution in [3.8, 4) is 0 Å². The molecule has 1 aliphatic rings. The summed E-state index contributed by atoms with van der Waals surface area (Å²) in [5.41, 5.74) is 1.85. The number of oxazole rings is 1. The summed E-state index contributed by atoms with van der Waals surface area (Å²) in [5.74, 6) is 1.28. The summed E-state index contributed by atoms with van der Waals surface area (Å²) < 4.78 is 7.96. The van der Waals surface area contributed by atoms with Crippen LogP contribution in [-0.4, -0.2) is 44.3 Å². The Balaban J connectivity index is 1.43. The van der Waals surface area contributed by atoms with Gasteiger partial charge < -0.3 is 13.9 Å². The molecule has 114 valence electrons. The highest BCUT2D eigenvalue weighted by molar-refractivity contribution is 5.72. The first kappa shape index (κ1) is 13.5. The molecule has 6 nitrogen and oxygen atoms in total. The van der Waals surface area contributed by atoms with Gasteiger partial charge in [-0.25, -0.2) is 4.98 Å². The zero-order valence-corrected chi connectivity index (χ0v) is 12.4. The van der Waals surface area contributed by atoms with Crippen molar-refractivity contribution in [2.45, 2.75) is 25.3 Å². The van der Waals surface area contributed by atoms with Gasteiger partial charge in [-0.15, -0.1) is 10.2 Å². The fraction of sp³-hybridized carbons (Fsp3) is 0.438. The van der Waals surface area contributed by atoms with Gasteiger partial charge in [-0.2, -0.15) is 0 Å². The largest absolute Gasteiger partial charge is 0.440 e. The highest BCUT2D eigenvalue weighted by Gasteiger charge is 2.25. The first-order valence-electron chi connectivity index (χ1n) is 7.79. The summed E-state index contributed by atoms with van der Waals surface area (Å²) in [5, 5.41) is 7.68. The predicted octanol–water partition coefficient (Wildman–Crippen LogP) is 2.30. The fourth-order valence-electron chi connectivity index (χ4n) is 3.12. The molecule has 0 bridgehead atoms. The molecular formula is C16H19N5O. The molecule has 0 aliphatic carbocycles. The fourth-order valence-corrected chi connectivity index (χ4v) is 3.12. The molecule has 0 spiro atoms. The predicted molar refractivity (Wildman–Crippen MR) is 82.4 cm³/mol. The highest BCUT2D eigenvalue weighted by Crippen LogP contribution is 2.28. The van der Waals surface area contributed by atoms with Gasteiger partial charge in [0.2, 0.25) is 0 Å². The van der Waals surface area contributed by atoms with Crippen molar-refractivity contribution in [3.63, 3.8) is 0 Å². The van der Waals surface area contributed by atoms with E-state index in [9.17, 15) is 0 Å². The van der Waals surface area contributed by atoms with Crippen molar-refractivity contribution in [2.24, 2.45) is 0 Å². The van der Waals surface area contributed by atoms with E-state index in [1.165, 1.54) is 6.42 Å². The maximum atomic E-state index is 5.94. The van der Waals surface area contributed by atoms with Crippen LogP contribution in [0.3, 0.4) is 0 Å². The molecule has 2 aromatic heterocycles. The maximum absolute atomic E-state index is 5.94. The van der Waals surface area contributed by atoms with Crippen molar-refractivity contribution in [1.29, 1.82) is 0 Å². The zero-order valence-electron chi connectivity index (χ0n) is 12.4. The van der Waals surface area contributed by atoms with Crippen LogP contribution in [0.4, 0.5) is 0 Å². The molecule has 0 amide bonds. The summed E-state index contributed by atoms with van der Waals surface area (Å²) in [6, 6.07) is 7.98. The smallest absolute Gasteiger partial charge is 0.199 e. The first-order chi connectivity index (χ1) is 10.9. The topological polar surface area (TPSA) is 60.0 Å². The van der Waals surface area contributed by atoms with Crippen molar-refractivity contribution in [2.75, 3.05) is 19.6 Å². The number of hydrogen-bond acceptors (Lipinski definition) is 5. The molecule has 0 N–H and O–H groups in total. The van der Waals surface area contributed by atoms with Gasteiger partial charge in [-0.3, -0.25) is 0 Å². The Kier molecular flexibility index (Phi) is 3.60. The number of para-hydroxylation sites is 2. The van der Waals surface area contributed by atoms with E-state index in [1.54, 1.807) is 12.7 Å². The number of rotatable bonds is 4. The van der Waals surface area contributed by atoms with Crippen molar-refractivity contribution in [1.82, 2.24) is 24.6 Å². The van der Waals surface area contributed by atoms with E-state index in [4.69, 9.17) is 4.42 Å². The molecule has 0 unspecified atom stereocenters. The van der Waals surface area contributed by atoms with Crippen LogP contribution in [0, 0.1) is 0 Å². The average molecular weight is 297 g/mol. The Hall–Kier alpha value is -2.21. The van der Waals surface area contributed by atoms with Crippen LogP contribution in [0.25, 0.3) is 11.1 Å². The second kappa shape index (κ2) is 5.88. The molecule has 1 saturated heterocycles. The molecule has 1 aliphatic heterocycles. The van der Waals surface area contributed by atoms with Crippen molar-refractivity contribution in [3.05, 3.63) is 42.8 Å². The molecule has 3 heterocycles. The Labute approximate surface area is 128 Å². The molecule has 22 heavy (non-hydrogen) atoms. The lowest BCUT2D eigenvalue weighted by molar-refractivity contribution is 0.188. The number of nitrogens with zero attached hydrogens (tertiary/aromatic N) is 5. The summed E-state index contributed by atoms with van der Waals surface area (Å²) in [7, 11) is 0. The molecule has 4 rings (SSSR count). The van der Waals surface area contributed by atoms with Crippen LogP contribution in [-0.2, 0) is 6.54 Å². The second-order valence-corrected chi connectivity index (χ2v) is 5.86. The zero-order chi connectivity index (χ0) is 14.8. The Morgan fingerprint density at radius 1 is 1.14 bits per heavy atom. The third kappa shape index (κ3) is 2.74. The highest BCUT2D eigenvalue weighted by atomic mass is 16.3. The van der Waals surface area contributed by atoms with Crippen LogP contribution < -0.4 is 0 Å². The van der Waals surface area contributed by atoms with Gasteiger partial charge in [0.15, 0.2) is 11.5 Å². The minimum Gasteiger partial charge on any atom is -0.440 e. The quantitative estimate of drug-likeness (QED) is 0.739. The number of aromatic nitrogens is 4. The normalized spacial score (nSPS) is 19.7. The van der Waals surface area contributed by atoms with Gasteiger partial charge in [0.25, 0.3) is 0 Å². The summed E-state index contributed by atoms with van der Waals surface area (Å²) in [4.78, 5) is 7.14. The molecule has 0 saturated carbocycles. The Morgan fingerprint density at radius 3 is 2.86 bits per heavy atom. The van der Waals surface area contributed by atoms with Crippen LogP contribution in [0.5, 0.6) is 0 Å². The second-order valence-electron chi connectivity index (χ2n) is 5.86. The van der Waals surface area contributed by atoms with E-state index in [0.717, 1.165) is 49.6 Å². The lowest BCUT2D eigenvalue weighted by Gasteiger charge is -2.31.